The van der Waals surface area contributed by atoms with Crippen LogP contribution in [0.4, 0.5) is 17.5 Å². The van der Waals surface area contributed by atoms with Gasteiger partial charge in [-0.2, -0.15) is 4.98 Å². The zero-order chi connectivity index (χ0) is 17.6. The fraction of sp³-hybridized carbons (Fsp3) is 0.167. The van der Waals surface area contributed by atoms with Gasteiger partial charge in [0.2, 0.25) is 5.95 Å². The fourth-order valence-electron chi connectivity index (χ4n) is 2.33. The van der Waals surface area contributed by atoms with E-state index in [2.05, 4.69) is 41.5 Å². The standard InChI is InChI=1S/C18H18BrN5O/c1-12-10-14(19)2-3-15(12)22-17-11-16(13-4-6-20-7-5-13)23-18(24-17)21-8-9-25/h2-7,10-11,25H,8-9H2,1H3,(H2,21,22,23,24). The van der Waals surface area contributed by atoms with Gasteiger partial charge in [0.25, 0.3) is 0 Å². The molecule has 0 aliphatic rings. The number of hydrogen-bond acceptors (Lipinski definition) is 6. The van der Waals surface area contributed by atoms with Crippen LogP contribution in [0.5, 0.6) is 0 Å². The Morgan fingerprint density at radius 3 is 2.60 bits per heavy atom. The van der Waals surface area contributed by atoms with Gasteiger partial charge in [0, 0.05) is 40.7 Å². The number of hydrogen-bond donors (Lipinski definition) is 3. The van der Waals surface area contributed by atoms with Gasteiger partial charge in [-0.3, -0.25) is 4.98 Å². The largest absolute Gasteiger partial charge is 0.395 e. The molecule has 0 unspecified atom stereocenters. The van der Waals surface area contributed by atoms with E-state index in [4.69, 9.17) is 5.11 Å². The number of benzene rings is 1. The molecule has 2 heterocycles. The van der Waals surface area contributed by atoms with Crippen molar-refractivity contribution in [1.29, 1.82) is 0 Å². The Hall–Kier alpha value is -2.51. The third kappa shape index (κ3) is 4.52. The number of halogens is 1. The van der Waals surface area contributed by atoms with Crippen molar-refractivity contribution in [3.05, 3.63) is 58.8 Å². The lowest BCUT2D eigenvalue weighted by atomic mass is 10.2. The lowest BCUT2D eigenvalue weighted by Crippen LogP contribution is -2.10. The van der Waals surface area contributed by atoms with Gasteiger partial charge < -0.3 is 15.7 Å². The minimum Gasteiger partial charge on any atom is -0.395 e. The number of aliphatic hydroxyl groups is 1. The highest BCUT2D eigenvalue weighted by Crippen LogP contribution is 2.26. The number of pyridine rings is 1. The van der Waals surface area contributed by atoms with E-state index in [0.29, 0.717) is 18.3 Å². The molecule has 128 valence electrons. The summed E-state index contributed by atoms with van der Waals surface area (Å²) < 4.78 is 1.03. The quantitative estimate of drug-likeness (QED) is 0.585. The van der Waals surface area contributed by atoms with Crippen LogP contribution in [0.2, 0.25) is 0 Å². The second-order valence-electron chi connectivity index (χ2n) is 5.43. The smallest absolute Gasteiger partial charge is 0.225 e. The zero-order valence-electron chi connectivity index (χ0n) is 13.7. The van der Waals surface area contributed by atoms with Crippen LogP contribution in [0.25, 0.3) is 11.3 Å². The molecule has 6 nitrogen and oxygen atoms in total. The first-order valence-corrected chi connectivity index (χ1v) is 8.62. The van der Waals surface area contributed by atoms with Crippen LogP contribution in [0.1, 0.15) is 5.56 Å². The van der Waals surface area contributed by atoms with Crippen molar-refractivity contribution in [1.82, 2.24) is 15.0 Å². The van der Waals surface area contributed by atoms with Crippen molar-refractivity contribution in [2.75, 3.05) is 23.8 Å². The number of nitrogens with one attached hydrogen (secondary N) is 2. The van der Waals surface area contributed by atoms with E-state index in [1.807, 2.05) is 43.3 Å². The summed E-state index contributed by atoms with van der Waals surface area (Å²) in [5, 5.41) is 15.4. The molecule has 25 heavy (non-hydrogen) atoms. The molecule has 0 aliphatic carbocycles. The highest BCUT2D eigenvalue weighted by atomic mass is 79.9. The Bertz CT molecular complexity index is 857. The average molecular weight is 400 g/mol. The van der Waals surface area contributed by atoms with E-state index < -0.39 is 0 Å². The van der Waals surface area contributed by atoms with E-state index in [0.717, 1.165) is 27.0 Å². The van der Waals surface area contributed by atoms with E-state index in [1.54, 1.807) is 12.4 Å². The van der Waals surface area contributed by atoms with Gasteiger partial charge in [0.05, 0.1) is 12.3 Å². The van der Waals surface area contributed by atoms with Crippen LogP contribution in [0.15, 0.2) is 53.3 Å². The van der Waals surface area contributed by atoms with Crippen molar-refractivity contribution >= 4 is 33.4 Å². The Labute approximate surface area is 154 Å². The molecule has 0 saturated carbocycles. The molecule has 0 spiro atoms. The predicted molar refractivity (Wildman–Crippen MR) is 103 cm³/mol. The average Bonchev–Trinajstić information content (AvgIpc) is 2.63. The Morgan fingerprint density at radius 2 is 1.88 bits per heavy atom. The molecular weight excluding hydrogens is 382 g/mol. The van der Waals surface area contributed by atoms with Gasteiger partial charge in [0.1, 0.15) is 5.82 Å². The number of anilines is 3. The summed E-state index contributed by atoms with van der Waals surface area (Å²) in [5.41, 5.74) is 3.79. The molecule has 0 aliphatic heterocycles. The monoisotopic (exact) mass is 399 g/mol. The zero-order valence-corrected chi connectivity index (χ0v) is 15.3. The molecule has 2 aromatic heterocycles. The summed E-state index contributed by atoms with van der Waals surface area (Å²) >= 11 is 3.47. The number of aliphatic hydroxyl groups excluding tert-OH is 1. The highest BCUT2D eigenvalue weighted by Gasteiger charge is 2.08. The van der Waals surface area contributed by atoms with Crippen LogP contribution in [0.3, 0.4) is 0 Å². The maximum absolute atomic E-state index is 9.03. The Kier molecular flexibility index (Phi) is 5.57. The minimum atomic E-state index is 0.0113. The van der Waals surface area contributed by atoms with Crippen LogP contribution < -0.4 is 10.6 Å². The molecule has 3 N–H and O–H groups in total. The number of aryl methyl sites for hydroxylation is 1. The first kappa shape index (κ1) is 17.3. The van der Waals surface area contributed by atoms with E-state index in [9.17, 15) is 0 Å². The van der Waals surface area contributed by atoms with Crippen molar-refractivity contribution in [3.8, 4) is 11.3 Å². The maximum atomic E-state index is 9.03. The van der Waals surface area contributed by atoms with Crippen molar-refractivity contribution in [2.45, 2.75) is 6.92 Å². The molecule has 0 saturated heterocycles. The first-order chi connectivity index (χ1) is 12.2. The number of rotatable bonds is 6. The number of aromatic nitrogens is 3. The van der Waals surface area contributed by atoms with Crippen molar-refractivity contribution in [2.24, 2.45) is 0 Å². The molecule has 0 bridgehead atoms. The fourth-order valence-corrected chi connectivity index (χ4v) is 2.81. The molecule has 0 radical (unpaired) electrons. The van der Waals surface area contributed by atoms with Crippen molar-refractivity contribution in [3.63, 3.8) is 0 Å². The summed E-state index contributed by atoms with van der Waals surface area (Å²) in [7, 11) is 0. The predicted octanol–water partition coefficient (Wildman–Crippen LogP) is 3.76. The second-order valence-corrected chi connectivity index (χ2v) is 6.35. The third-order valence-corrected chi connectivity index (χ3v) is 4.04. The van der Waals surface area contributed by atoms with Gasteiger partial charge in [-0.15, -0.1) is 0 Å². The molecule has 0 atom stereocenters. The maximum Gasteiger partial charge on any atom is 0.225 e. The number of nitrogens with zero attached hydrogens (tertiary/aromatic N) is 3. The summed E-state index contributed by atoms with van der Waals surface area (Å²) in [6, 6.07) is 11.7. The SMILES string of the molecule is Cc1cc(Br)ccc1Nc1cc(-c2ccncc2)nc(NCCO)n1. The van der Waals surface area contributed by atoms with Gasteiger partial charge in [-0.05, 0) is 42.8 Å². The third-order valence-electron chi connectivity index (χ3n) is 3.55. The highest BCUT2D eigenvalue weighted by molar-refractivity contribution is 9.10. The van der Waals surface area contributed by atoms with Gasteiger partial charge in [-0.25, -0.2) is 4.98 Å². The van der Waals surface area contributed by atoms with Crippen LogP contribution in [-0.2, 0) is 0 Å². The second kappa shape index (κ2) is 8.04. The summed E-state index contributed by atoms with van der Waals surface area (Å²) in [6.45, 7) is 2.43. The first-order valence-electron chi connectivity index (χ1n) is 7.83. The Balaban J connectivity index is 1.96. The molecule has 0 amide bonds. The summed E-state index contributed by atoms with van der Waals surface area (Å²) in [5.74, 6) is 1.13. The van der Waals surface area contributed by atoms with Gasteiger partial charge in [0.15, 0.2) is 0 Å². The van der Waals surface area contributed by atoms with E-state index >= 15 is 0 Å². The van der Waals surface area contributed by atoms with Crippen LogP contribution in [-0.4, -0.2) is 33.2 Å². The normalized spacial score (nSPS) is 10.5. The van der Waals surface area contributed by atoms with Gasteiger partial charge >= 0.3 is 0 Å². The molecule has 0 fully saturated rings. The summed E-state index contributed by atoms with van der Waals surface area (Å²) in [4.78, 5) is 13.0. The Morgan fingerprint density at radius 1 is 1.08 bits per heavy atom. The molecule has 1 aromatic carbocycles. The van der Waals surface area contributed by atoms with E-state index in [-0.39, 0.29) is 6.61 Å². The molecule has 3 aromatic rings. The van der Waals surface area contributed by atoms with Crippen molar-refractivity contribution < 1.29 is 5.11 Å². The lowest BCUT2D eigenvalue weighted by Gasteiger charge is -2.12. The summed E-state index contributed by atoms with van der Waals surface area (Å²) in [6.07, 6.45) is 3.45. The van der Waals surface area contributed by atoms with Gasteiger partial charge in [-0.1, -0.05) is 15.9 Å². The molecule has 3 rings (SSSR count). The molecule has 7 heteroatoms. The minimum absolute atomic E-state index is 0.0113. The molecular formula is C18H18BrN5O. The van der Waals surface area contributed by atoms with Crippen LogP contribution in [0, 0.1) is 6.92 Å². The van der Waals surface area contributed by atoms with Crippen LogP contribution >= 0.6 is 15.9 Å². The lowest BCUT2D eigenvalue weighted by molar-refractivity contribution is 0.311. The topological polar surface area (TPSA) is 83.0 Å². The van der Waals surface area contributed by atoms with E-state index in [1.165, 1.54) is 0 Å².